The van der Waals surface area contributed by atoms with Gasteiger partial charge in [0.2, 0.25) is 5.89 Å². The number of nitrogens with zero attached hydrogens (tertiary/aromatic N) is 2. The molecule has 0 saturated heterocycles. The summed E-state index contributed by atoms with van der Waals surface area (Å²) in [6, 6.07) is -0.0685. The molecule has 4 nitrogen and oxygen atoms in total. The number of hydrogen-bond acceptors (Lipinski definition) is 4. The van der Waals surface area contributed by atoms with Crippen LogP contribution in [0.2, 0.25) is 0 Å². The summed E-state index contributed by atoms with van der Waals surface area (Å²) in [7, 11) is 0. The van der Waals surface area contributed by atoms with E-state index in [1.807, 2.05) is 0 Å². The van der Waals surface area contributed by atoms with E-state index >= 15 is 0 Å². The molecule has 1 aliphatic rings. The first-order valence-corrected chi connectivity index (χ1v) is 7.40. The standard InChI is InChI=1S/C14H25N3O/c1-2-8-12(15)13-16-14(18-17-13)11-9-6-4-3-5-7-10-11/h11-12H,2-10,15H2,1H3. The van der Waals surface area contributed by atoms with Gasteiger partial charge in [0.25, 0.3) is 0 Å². The van der Waals surface area contributed by atoms with E-state index in [4.69, 9.17) is 10.3 Å². The molecule has 0 spiro atoms. The van der Waals surface area contributed by atoms with Crippen LogP contribution in [0.15, 0.2) is 4.52 Å². The molecule has 1 atom stereocenters. The van der Waals surface area contributed by atoms with Crippen molar-refractivity contribution < 1.29 is 4.52 Å². The minimum atomic E-state index is -0.0685. The molecule has 4 heteroatoms. The van der Waals surface area contributed by atoms with E-state index in [9.17, 15) is 0 Å². The van der Waals surface area contributed by atoms with Crippen molar-refractivity contribution >= 4 is 0 Å². The molecule has 1 aliphatic carbocycles. The van der Waals surface area contributed by atoms with E-state index in [0.717, 1.165) is 18.7 Å². The van der Waals surface area contributed by atoms with Crippen LogP contribution >= 0.6 is 0 Å². The number of rotatable bonds is 4. The maximum absolute atomic E-state index is 6.02. The third-order valence-corrected chi connectivity index (χ3v) is 3.84. The zero-order valence-electron chi connectivity index (χ0n) is 11.4. The van der Waals surface area contributed by atoms with Crippen LogP contribution in [0.25, 0.3) is 0 Å². The van der Waals surface area contributed by atoms with Crippen molar-refractivity contribution in [1.29, 1.82) is 0 Å². The Morgan fingerprint density at radius 3 is 2.56 bits per heavy atom. The second-order valence-electron chi connectivity index (χ2n) is 5.43. The van der Waals surface area contributed by atoms with Crippen LogP contribution in [-0.2, 0) is 0 Å². The molecular weight excluding hydrogens is 226 g/mol. The average molecular weight is 251 g/mol. The fourth-order valence-electron chi connectivity index (χ4n) is 2.71. The second kappa shape index (κ2) is 6.88. The molecule has 1 aromatic rings. The molecule has 2 rings (SSSR count). The molecule has 1 heterocycles. The predicted molar refractivity (Wildman–Crippen MR) is 71.2 cm³/mol. The summed E-state index contributed by atoms with van der Waals surface area (Å²) in [4.78, 5) is 4.52. The lowest BCUT2D eigenvalue weighted by atomic mass is 9.91. The summed E-state index contributed by atoms with van der Waals surface area (Å²) in [5.41, 5.74) is 6.02. The lowest BCUT2D eigenvalue weighted by Crippen LogP contribution is -2.12. The molecule has 1 unspecified atom stereocenters. The quantitative estimate of drug-likeness (QED) is 0.886. The van der Waals surface area contributed by atoms with Gasteiger partial charge in [0.1, 0.15) is 0 Å². The van der Waals surface area contributed by atoms with Crippen LogP contribution in [-0.4, -0.2) is 10.1 Å². The highest BCUT2D eigenvalue weighted by molar-refractivity contribution is 4.98. The average Bonchev–Trinajstić information content (AvgIpc) is 2.78. The van der Waals surface area contributed by atoms with E-state index in [-0.39, 0.29) is 6.04 Å². The Bertz CT molecular complexity index is 343. The molecule has 2 N–H and O–H groups in total. The van der Waals surface area contributed by atoms with E-state index in [0.29, 0.717) is 11.7 Å². The Morgan fingerprint density at radius 1 is 1.22 bits per heavy atom. The Labute approximate surface area is 109 Å². The van der Waals surface area contributed by atoms with Gasteiger partial charge in [-0.1, -0.05) is 50.6 Å². The SMILES string of the molecule is CCCC(N)c1noc(C2CCCCCCC2)n1. The highest BCUT2D eigenvalue weighted by atomic mass is 16.5. The van der Waals surface area contributed by atoms with E-state index < -0.39 is 0 Å². The smallest absolute Gasteiger partial charge is 0.229 e. The number of aromatic nitrogens is 2. The van der Waals surface area contributed by atoms with Crippen LogP contribution in [0, 0.1) is 0 Å². The molecule has 0 radical (unpaired) electrons. The van der Waals surface area contributed by atoms with Crippen molar-refractivity contribution in [2.45, 2.75) is 76.7 Å². The normalized spacial score (nSPS) is 20.3. The van der Waals surface area contributed by atoms with Gasteiger partial charge in [-0.2, -0.15) is 4.98 Å². The lowest BCUT2D eigenvalue weighted by molar-refractivity contribution is 0.319. The first-order valence-electron chi connectivity index (χ1n) is 7.40. The zero-order valence-corrected chi connectivity index (χ0v) is 11.4. The monoisotopic (exact) mass is 251 g/mol. The van der Waals surface area contributed by atoms with Gasteiger partial charge in [0.15, 0.2) is 5.82 Å². The largest absolute Gasteiger partial charge is 0.339 e. The summed E-state index contributed by atoms with van der Waals surface area (Å²) in [6.07, 6.45) is 11.0. The van der Waals surface area contributed by atoms with Crippen molar-refractivity contribution in [3.05, 3.63) is 11.7 Å². The highest BCUT2D eigenvalue weighted by Crippen LogP contribution is 2.30. The van der Waals surface area contributed by atoms with Gasteiger partial charge in [0.05, 0.1) is 6.04 Å². The summed E-state index contributed by atoms with van der Waals surface area (Å²) < 4.78 is 5.43. The van der Waals surface area contributed by atoms with Gasteiger partial charge in [0, 0.05) is 5.92 Å². The minimum Gasteiger partial charge on any atom is -0.339 e. The maximum Gasteiger partial charge on any atom is 0.229 e. The Balaban J connectivity index is 1.98. The Kier molecular flexibility index (Phi) is 5.17. The number of hydrogen-bond donors (Lipinski definition) is 1. The first-order chi connectivity index (χ1) is 8.81. The third kappa shape index (κ3) is 3.55. The Hall–Kier alpha value is -0.900. The molecule has 0 aromatic carbocycles. The van der Waals surface area contributed by atoms with Crippen molar-refractivity contribution in [2.24, 2.45) is 5.73 Å². The topological polar surface area (TPSA) is 64.9 Å². The van der Waals surface area contributed by atoms with Gasteiger partial charge in [-0.05, 0) is 19.3 Å². The van der Waals surface area contributed by atoms with Crippen molar-refractivity contribution in [1.82, 2.24) is 10.1 Å². The van der Waals surface area contributed by atoms with Crippen LogP contribution in [0.1, 0.15) is 88.4 Å². The molecule has 18 heavy (non-hydrogen) atoms. The minimum absolute atomic E-state index is 0.0685. The first kappa shape index (κ1) is 13.5. The molecule has 0 amide bonds. The fourth-order valence-corrected chi connectivity index (χ4v) is 2.71. The van der Waals surface area contributed by atoms with Crippen LogP contribution in [0.3, 0.4) is 0 Å². The summed E-state index contributed by atoms with van der Waals surface area (Å²) in [5.74, 6) is 1.97. The van der Waals surface area contributed by atoms with Crippen molar-refractivity contribution in [3.63, 3.8) is 0 Å². The van der Waals surface area contributed by atoms with Gasteiger partial charge in [-0.25, -0.2) is 0 Å². The molecule has 0 aliphatic heterocycles. The van der Waals surface area contributed by atoms with Gasteiger partial charge in [-0.3, -0.25) is 0 Å². The third-order valence-electron chi connectivity index (χ3n) is 3.84. The molecule has 1 saturated carbocycles. The van der Waals surface area contributed by atoms with Gasteiger partial charge in [-0.15, -0.1) is 0 Å². The van der Waals surface area contributed by atoms with Crippen LogP contribution in [0.5, 0.6) is 0 Å². The van der Waals surface area contributed by atoms with Gasteiger partial charge < -0.3 is 10.3 Å². The van der Waals surface area contributed by atoms with Crippen LogP contribution < -0.4 is 5.73 Å². The van der Waals surface area contributed by atoms with Crippen molar-refractivity contribution in [3.8, 4) is 0 Å². The predicted octanol–water partition coefficient (Wildman–Crippen LogP) is 3.70. The molecule has 1 fully saturated rings. The summed E-state index contributed by atoms with van der Waals surface area (Å²) in [6.45, 7) is 2.12. The molecule has 0 bridgehead atoms. The van der Waals surface area contributed by atoms with E-state index in [1.165, 1.54) is 44.9 Å². The van der Waals surface area contributed by atoms with Gasteiger partial charge >= 0.3 is 0 Å². The second-order valence-corrected chi connectivity index (χ2v) is 5.43. The summed E-state index contributed by atoms with van der Waals surface area (Å²) >= 11 is 0. The van der Waals surface area contributed by atoms with Crippen LogP contribution in [0.4, 0.5) is 0 Å². The summed E-state index contributed by atoms with van der Waals surface area (Å²) in [5, 5.41) is 4.05. The Morgan fingerprint density at radius 2 is 1.89 bits per heavy atom. The van der Waals surface area contributed by atoms with E-state index in [1.54, 1.807) is 0 Å². The van der Waals surface area contributed by atoms with E-state index in [2.05, 4.69) is 17.1 Å². The molecule has 102 valence electrons. The van der Waals surface area contributed by atoms with Crippen molar-refractivity contribution in [2.75, 3.05) is 0 Å². The maximum atomic E-state index is 6.02. The highest BCUT2D eigenvalue weighted by Gasteiger charge is 2.21. The fraction of sp³-hybridized carbons (Fsp3) is 0.857. The lowest BCUT2D eigenvalue weighted by Gasteiger charge is -2.15. The number of nitrogens with two attached hydrogens (primary N) is 1. The molecule has 1 aromatic heterocycles. The molecular formula is C14H25N3O. The zero-order chi connectivity index (χ0) is 12.8.